The quantitative estimate of drug-likeness (QED) is 0.123. The summed E-state index contributed by atoms with van der Waals surface area (Å²) in [6, 6.07) is 0. The van der Waals surface area contributed by atoms with Gasteiger partial charge in [0, 0.05) is 347 Å². The van der Waals surface area contributed by atoms with E-state index in [9.17, 15) is 105 Å². The Labute approximate surface area is 916 Å². The molecule has 14 rings (SSSR count). The zero-order valence-electron chi connectivity index (χ0n) is 73.1. The van der Waals surface area contributed by atoms with Gasteiger partial charge < -0.3 is 103 Å². The zero-order valence-corrected chi connectivity index (χ0v) is 90.1. The van der Waals surface area contributed by atoms with Crippen LogP contribution in [0.1, 0.15) is 180 Å². The van der Waals surface area contributed by atoms with Crippen LogP contribution in [0.15, 0.2) is 0 Å². The smallest absolute Gasteiger partial charge is 0.485 e. The summed E-state index contributed by atoms with van der Waals surface area (Å²) in [6.45, 7) is 28.0. The molecule has 14 fully saturated rings. The van der Waals surface area contributed by atoms with Crippen molar-refractivity contribution in [3.63, 3.8) is 0 Å². The number of alkyl halides is 24. The van der Waals surface area contributed by atoms with Gasteiger partial charge in [-0.05, 0) is 180 Å². The standard InChI is InChI=1S/14C4H8O.8CHF3O3S.4Sm/c14*1-2-4-5-3-1;8*2-1(3,4)8(5,6)7;;;;/h14*1-4H2;8*(H,5,6,7);;;;/p-8. The molecule has 0 amide bonds. The Bertz CT molecular complexity index is 2800. The summed E-state index contributed by atoms with van der Waals surface area (Å²) in [5.41, 5.74) is -45.2. The first-order valence-corrected chi connectivity index (χ1v) is 50.5. The fourth-order valence-corrected chi connectivity index (χ4v) is 7.14. The molecule has 0 atom stereocenters. The Morgan fingerprint density at radius 2 is 0.145 bits per heavy atom. The number of halogens is 24. The fraction of sp³-hybridized carbons (Fsp3) is 1.00. The molecular weight excluding hydrogens is 2690 g/mol. The first kappa shape index (κ1) is 165. The van der Waals surface area contributed by atoms with Gasteiger partial charge in [-0.15, -0.1) is 0 Å². The SMILES string of the molecule is C1CCOC1.C1CCOC1.C1CCOC1.C1CCOC1.C1CCOC1.C1CCOC1.C1CCOC1.C1CCOC1.C1CCOC1.C1CCOC1.C1CCOC1.C1CCOC1.C1CCOC1.C1CCOC1.O=S(=O)([O-])C(F)(F)F.O=S(=O)([O-])C(F)(F)F.O=S(=O)([O-])C(F)(F)F.O=S(=O)([O-])C(F)(F)F.O=S(=O)([O-])C(F)(F)F.O=S(=O)([O-])C(F)(F)F.O=S(=O)([O-])C(F)(F)F.O=S(=O)([O-])C(F)(F)F.[Sm].[Sm].[Sm].[Sm]. The Hall–Kier alpha value is 2.39. The third-order valence-electron chi connectivity index (χ3n) is 13.9. The van der Waals surface area contributed by atoms with Crippen molar-refractivity contribution in [2.24, 2.45) is 0 Å². The molecule has 14 aliphatic heterocycles. The van der Waals surface area contributed by atoms with E-state index < -0.39 is 125 Å². The van der Waals surface area contributed by atoms with Gasteiger partial charge in [-0.25, -0.2) is 67.3 Å². The molecule has 14 heterocycles. The van der Waals surface area contributed by atoms with E-state index in [0.717, 1.165) is 185 Å². The van der Waals surface area contributed by atoms with Crippen molar-refractivity contribution in [3.8, 4) is 0 Å². The third kappa shape index (κ3) is 125. The van der Waals surface area contributed by atoms with Crippen LogP contribution in [0, 0.1) is 162 Å². The molecule has 0 bridgehead atoms. The second-order valence-electron chi connectivity index (χ2n) is 25.7. The molecule has 74 heteroatoms. The van der Waals surface area contributed by atoms with Crippen molar-refractivity contribution in [1.82, 2.24) is 0 Å². The van der Waals surface area contributed by atoms with Crippen molar-refractivity contribution < 1.29 is 437 Å². The second-order valence-corrected chi connectivity index (χ2v) is 36.6. The number of ether oxygens (including phenoxy) is 14. The van der Waals surface area contributed by atoms with Gasteiger partial charge in [-0.3, -0.25) is 0 Å². The molecule has 0 aromatic heterocycles. The maximum absolute atomic E-state index is 10.7. The summed E-state index contributed by atoms with van der Waals surface area (Å²) in [5, 5.41) is 0. The van der Waals surface area contributed by atoms with Crippen molar-refractivity contribution in [3.05, 3.63) is 0 Å². The first-order valence-electron chi connectivity index (χ1n) is 39.3. The molecule has 0 aromatic rings. The Morgan fingerprint density at radius 3 is 0.152 bits per heavy atom. The van der Waals surface area contributed by atoms with Gasteiger partial charge in [-0.2, -0.15) is 105 Å². The number of rotatable bonds is 0. The van der Waals surface area contributed by atoms with Crippen LogP contribution in [0.3, 0.4) is 0 Å². The molecule has 0 radical (unpaired) electrons. The minimum Gasteiger partial charge on any atom is -0.741 e. The summed E-state index contributed by atoms with van der Waals surface area (Å²) in [7, 11) is -48.7. The molecule has 844 valence electrons. The molecule has 0 spiro atoms. The minimum absolute atomic E-state index is 0. The van der Waals surface area contributed by atoms with Gasteiger partial charge in [0.1, 0.15) is 0 Å². The van der Waals surface area contributed by atoms with E-state index in [2.05, 4.69) is 0 Å². The van der Waals surface area contributed by atoms with Gasteiger partial charge in [0.15, 0.2) is 80.9 Å². The number of hydrogen-bond acceptors (Lipinski definition) is 38. The number of hydrogen-bond donors (Lipinski definition) is 0. The summed E-state index contributed by atoms with van der Waals surface area (Å²) in [6.07, 6.45) is 35.8. The van der Waals surface area contributed by atoms with Crippen LogP contribution in [-0.2, 0) is 147 Å². The minimum atomic E-state index is -6.09. The molecule has 14 saturated heterocycles. The Balaban J connectivity index is -0.000000121. The maximum atomic E-state index is 10.7. The van der Waals surface area contributed by atoms with E-state index in [1.807, 2.05) is 0 Å². The van der Waals surface area contributed by atoms with Gasteiger partial charge in [0.2, 0.25) is 0 Å². The van der Waals surface area contributed by atoms with E-state index in [1.165, 1.54) is 180 Å². The van der Waals surface area contributed by atoms with Crippen molar-refractivity contribution >= 4 is 80.9 Å². The predicted octanol–water partition coefficient (Wildman–Crippen LogP) is 11.6. The summed E-state index contributed by atoms with van der Waals surface area (Å²) in [4.78, 5) is 0. The molecule has 0 aliphatic carbocycles. The van der Waals surface area contributed by atoms with Crippen LogP contribution in [0.2, 0.25) is 0 Å². The first-order chi connectivity index (χ1) is 61.0. The summed E-state index contributed by atoms with van der Waals surface area (Å²) < 4.78 is 540. The van der Waals surface area contributed by atoms with E-state index in [-0.39, 0.29) is 162 Å². The Kier molecular flexibility index (Phi) is 113. The monoisotopic (exact) mass is 2810 g/mol. The van der Waals surface area contributed by atoms with Crippen LogP contribution in [0.25, 0.3) is 0 Å². The van der Waals surface area contributed by atoms with Crippen LogP contribution >= 0.6 is 0 Å². The van der Waals surface area contributed by atoms with E-state index in [1.54, 1.807) is 0 Å². The largest absolute Gasteiger partial charge is 0.741 e. The molecule has 0 saturated carbocycles. The van der Waals surface area contributed by atoms with E-state index in [4.69, 9.17) is 170 Å². The topological polar surface area (TPSA) is 587 Å². The molecule has 0 N–H and O–H groups in total. The molecule has 138 heavy (non-hydrogen) atoms. The van der Waals surface area contributed by atoms with Gasteiger partial charge in [0.25, 0.3) is 0 Å². The second kappa shape index (κ2) is 94.1. The van der Waals surface area contributed by atoms with Crippen molar-refractivity contribution in [1.29, 1.82) is 0 Å². The van der Waals surface area contributed by atoms with Gasteiger partial charge in [-0.1, -0.05) is 0 Å². The maximum Gasteiger partial charge on any atom is 0.485 e. The fourth-order valence-electron chi connectivity index (χ4n) is 7.14. The average Bonchev–Trinajstić information content (AvgIpc) is 1.68. The zero-order chi connectivity index (χ0) is 105. The van der Waals surface area contributed by atoms with Gasteiger partial charge in [0.05, 0.1) is 0 Å². The van der Waals surface area contributed by atoms with Crippen LogP contribution in [-0.4, -0.2) is 333 Å². The van der Waals surface area contributed by atoms with Crippen molar-refractivity contribution in [2.75, 3.05) is 185 Å². The molecular formula is C64H112F24O38S8Sm4-8. The van der Waals surface area contributed by atoms with Crippen LogP contribution in [0.4, 0.5) is 105 Å². The Morgan fingerprint density at radius 1 is 0.116 bits per heavy atom. The van der Waals surface area contributed by atoms with E-state index in [0.29, 0.717) is 0 Å². The molecule has 38 nitrogen and oxygen atoms in total. The molecule has 14 aliphatic rings. The van der Waals surface area contributed by atoms with Gasteiger partial charge >= 0.3 is 44.1 Å². The molecule has 0 unspecified atom stereocenters. The summed E-state index contributed by atoms with van der Waals surface area (Å²) in [5.74, 6) is 0. The third-order valence-corrected chi connectivity index (χ3v) is 18.4. The predicted molar refractivity (Wildman–Crippen MR) is 407 cm³/mol. The summed E-state index contributed by atoms with van der Waals surface area (Å²) >= 11 is 0. The molecule has 0 aromatic carbocycles. The van der Waals surface area contributed by atoms with Crippen LogP contribution < -0.4 is 0 Å². The van der Waals surface area contributed by atoms with E-state index >= 15 is 0 Å². The average molecular weight is 2800 g/mol. The van der Waals surface area contributed by atoms with Crippen molar-refractivity contribution in [2.45, 2.75) is 224 Å². The van der Waals surface area contributed by atoms with Crippen LogP contribution in [0.5, 0.6) is 0 Å². The normalized spacial score (nSPS) is 18.7.